The first kappa shape index (κ1) is 23.6. The molecule has 0 radical (unpaired) electrons. The zero-order valence-electron chi connectivity index (χ0n) is 18.7. The first-order valence-electron chi connectivity index (χ1n) is 10.8. The van der Waals surface area contributed by atoms with Crippen LogP contribution in [0.2, 0.25) is 0 Å². The van der Waals surface area contributed by atoms with Crippen LogP contribution >= 0.6 is 11.8 Å². The molecule has 1 atom stereocenters. The number of benzene rings is 3. The molecule has 0 fully saturated rings. The van der Waals surface area contributed by atoms with Crippen molar-refractivity contribution in [2.45, 2.75) is 31.7 Å². The van der Waals surface area contributed by atoms with Crippen LogP contribution in [-0.4, -0.2) is 35.6 Å². The van der Waals surface area contributed by atoms with Crippen molar-refractivity contribution in [1.29, 1.82) is 0 Å². The largest absolute Gasteiger partial charge is 0.357 e. The normalized spacial score (nSPS) is 11.6. The molecule has 0 aliphatic carbocycles. The minimum absolute atomic E-state index is 0.0290. The van der Waals surface area contributed by atoms with E-state index in [4.69, 9.17) is 0 Å². The summed E-state index contributed by atoms with van der Waals surface area (Å²) < 4.78 is 0. The van der Waals surface area contributed by atoms with E-state index in [0.29, 0.717) is 18.7 Å². The van der Waals surface area contributed by atoms with E-state index in [-0.39, 0.29) is 11.8 Å². The topological polar surface area (TPSA) is 49.4 Å². The molecular formula is C27H30N2O2S. The van der Waals surface area contributed by atoms with Crippen LogP contribution in [0.25, 0.3) is 0 Å². The summed E-state index contributed by atoms with van der Waals surface area (Å²) in [6.07, 6.45) is 0.474. The van der Waals surface area contributed by atoms with Crippen molar-refractivity contribution in [3.8, 4) is 0 Å². The number of amides is 2. The summed E-state index contributed by atoms with van der Waals surface area (Å²) in [5.41, 5.74) is 4.37. The predicted molar refractivity (Wildman–Crippen MR) is 132 cm³/mol. The number of hydrogen-bond donors (Lipinski definition) is 1. The highest BCUT2D eigenvalue weighted by Gasteiger charge is 2.29. The summed E-state index contributed by atoms with van der Waals surface area (Å²) in [6, 6.07) is 27.4. The van der Waals surface area contributed by atoms with E-state index >= 15 is 0 Å². The van der Waals surface area contributed by atoms with Gasteiger partial charge in [0.05, 0.1) is 5.75 Å². The van der Waals surface area contributed by atoms with Crippen molar-refractivity contribution in [1.82, 2.24) is 10.2 Å². The van der Waals surface area contributed by atoms with Gasteiger partial charge >= 0.3 is 0 Å². The number of aryl methyl sites for hydroxylation is 1. The molecule has 0 heterocycles. The molecule has 0 saturated carbocycles. The average molecular weight is 447 g/mol. The Morgan fingerprint density at radius 1 is 0.875 bits per heavy atom. The van der Waals surface area contributed by atoms with Crippen molar-refractivity contribution < 1.29 is 9.59 Å². The van der Waals surface area contributed by atoms with Gasteiger partial charge in [0.2, 0.25) is 11.8 Å². The molecule has 0 bridgehead atoms. The molecular weight excluding hydrogens is 416 g/mol. The number of nitrogens with one attached hydrogen (secondary N) is 1. The average Bonchev–Trinajstić information content (AvgIpc) is 2.83. The molecule has 32 heavy (non-hydrogen) atoms. The number of carbonyl (C=O) groups excluding carboxylic acids is 2. The lowest BCUT2D eigenvalue weighted by Gasteiger charge is -2.31. The van der Waals surface area contributed by atoms with Gasteiger partial charge in [-0.15, -0.1) is 11.8 Å². The quantitative estimate of drug-likeness (QED) is 0.495. The second kappa shape index (κ2) is 12.1. The number of carbonyl (C=O) groups is 2. The highest BCUT2D eigenvalue weighted by atomic mass is 32.2. The smallest absolute Gasteiger partial charge is 0.242 e. The third-order valence-electron chi connectivity index (χ3n) is 5.46. The second-order valence-electron chi connectivity index (χ2n) is 7.75. The molecule has 3 aromatic rings. The number of rotatable bonds is 10. The highest BCUT2D eigenvalue weighted by Crippen LogP contribution is 2.19. The Kier molecular flexibility index (Phi) is 8.93. The lowest BCUT2D eigenvalue weighted by atomic mass is 10.0. The second-order valence-corrected chi connectivity index (χ2v) is 8.73. The van der Waals surface area contributed by atoms with Gasteiger partial charge in [-0.2, -0.15) is 0 Å². The molecule has 3 aromatic carbocycles. The Morgan fingerprint density at radius 2 is 1.47 bits per heavy atom. The third kappa shape index (κ3) is 6.72. The molecule has 166 valence electrons. The van der Waals surface area contributed by atoms with Gasteiger partial charge in [0.1, 0.15) is 6.04 Å². The molecule has 1 N–H and O–H groups in total. The molecule has 5 heteroatoms. The molecule has 4 nitrogen and oxygen atoms in total. The van der Waals surface area contributed by atoms with Gasteiger partial charge in [-0.1, -0.05) is 84.9 Å². The van der Waals surface area contributed by atoms with Gasteiger partial charge < -0.3 is 10.2 Å². The van der Waals surface area contributed by atoms with E-state index in [9.17, 15) is 9.59 Å². The monoisotopic (exact) mass is 446 g/mol. The lowest BCUT2D eigenvalue weighted by Crippen LogP contribution is -2.50. The van der Waals surface area contributed by atoms with Gasteiger partial charge in [-0.25, -0.2) is 0 Å². The summed E-state index contributed by atoms with van der Waals surface area (Å²) in [5.74, 6) is 0.902. The summed E-state index contributed by atoms with van der Waals surface area (Å²) >= 11 is 1.58. The van der Waals surface area contributed by atoms with Gasteiger partial charge in [-0.05, 0) is 29.2 Å². The highest BCUT2D eigenvalue weighted by molar-refractivity contribution is 7.99. The first-order chi connectivity index (χ1) is 15.6. The molecule has 2 amide bonds. The van der Waals surface area contributed by atoms with Crippen LogP contribution in [0.5, 0.6) is 0 Å². The summed E-state index contributed by atoms with van der Waals surface area (Å²) in [4.78, 5) is 28.1. The van der Waals surface area contributed by atoms with Crippen molar-refractivity contribution in [2.75, 3.05) is 12.8 Å². The van der Waals surface area contributed by atoms with Crippen LogP contribution in [0.4, 0.5) is 0 Å². The van der Waals surface area contributed by atoms with E-state index < -0.39 is 6.04 Å². The van der Waals surface area contributed by atoms with Crippen molar-refractivity contribution in [3.05, 3.63) is 107 Å². The fourth-order valence-electron chi connectivity index (χ4n) is 3.60. The van der Waals surface area contributed by atoms with Crippen molar-refractivity contribution in [2.24, 2.45) is 0 Å². The van der Waals surface area contributed by atoms with E-state index in [2.05, 4.69) is 17.4 Å². The van der Waals surface area contributed by atoms with Crippen LogP contribution in [0.15, 0.2) is 84.9 Å². The van der Waals surface area contributed by atoms with Crippen molar-refractivity contribution in [3.63, 3.8) is 0 Å². The standard InChI is InChI=1S/C27H30N2O2S/c1-21-11-9-10-16-24(21)18-29(26(30)20-32-19-23-14-7-4-8-15-23)25(27(31)28-2)17-22-12-5-3-6-13-22/h3-16,25H,17-20H2,1-2H3,(H,28,31)/t25-/m1/s1. The van der Waals surface area contributed by atoms with Gasteiger partial charge in [-0.3, -0.25) is 9.59 Å². The number of likely N-dealkylation sites (N-methyl/N-ethyl adjacent to an activating group) is 1. The van der Waals surface area contributed by atoms with Gasteiger partial charge in [0, 0.05) is 25.8 Å². The van der Waals surface area contributed by atoms with Gasteiger partial charge in [0.25, 0.3) is 0 Å². The first-order valence-corrected chi connectivity index (χ1v) is 11.9. The Morgan fingerprint density at radius 3 is 2.09 bits per heavy atom. The fraction of sp³-hybridized carbons (Fsp3) is 0.259. The zero-order chi connectivity index (χ0) is 22.8. The fourth-order valence-corrected chi connectivity index (χ4v) is 4.48. The van der Waals surface area contributed by atoms with E-state index in [1.54, 1.807) is 23.7 Å². The third-order valence-corrected chi connectivity index (χ3v) is 6.45. The molecule has 0 aromatic heterocycles. The van der Waals surface area contributed by atoms with Crippen molar-refractivity contribution >= 4 is 23.6 Å². The van der Waals surface area contributed by atoms with Gasteiger partial charge in [0.15, 0.2) is 0 Å². The molecule has 0 aliphatic rings. The number of thioether (sulfide) groups is 1. The minimum atomic E-state index is -0.577. The Balaban J connectivity index is 1.82. The Labute approximate surface area is 195 Å². The molecule has 0 saturated heterocycles. The van der Waals surface area contributed by atoms with E-state index in [1.165, 1.54) is 5.56 Å². The zero-order valence-corrected chi connectivity index (χ0v) is 19.5. The van der Waals surface area contributed by atoms with E-state index in [1.807, 2.05) is 79.7 Å². The molecule has 0 unspecified atom stereocenters. The number of nitrogens with zero attached hydrogens (tertiary/aromatic N) is 1. The maximum Gasteiger partial charge on any atom is 0.242 e. The lowest BCUT2D eigenvalue weighted by molar-refractivity contribution is -0.139. The Hall–Kier alpha value is -3.05. The van der Waals surface area contributed by atoms with E-state index in [0.717, 1.165) is 22.4 Å². The molecule has 0 aliphatic heterocycles. The van der Waals surface area contributed by atoms with Crippen LogP contribution < -0.4 is 5.32 Å². The predicted octanol–water partition coefficient (Wildman–Crippen LogP) is 4.61. The summed E-state index contributed by atoms with van der Waals surface area (Å²) in [7, 11) is 1.63. The minimum Gasteiger partial charge on any atom is -0.357 e. The van der Waals surface area contributed by atoms with Crippen LogP contribution in [0.3, 0.4) is 0 Å². The van der Waals surface area contributed by atoms with Crippen LogP contribution in [0.1, 0.15) is 22.3 Å². The molecule has 0 spiro atoms. The summed E-state index contributed by atoms with van der Waals surface area (Å²) in [5, 5.41) is 2.76. The number of hydrogen-bond acceptors (Lipinski definition) is 3. The maximum absolute atomic E-state index is 13.4. The van der Waals surface area contributed by atoms with Crippen LogP contribution in [0, 0.1) is 6.92 Å². The van der Waals surface area contributed by atoms with Crippen LogP contribution in [-0.2, 0) is 28.3 Å². The SMILES string of the molecule is CNC(=O)[C@@H](Cc1ccccc1)N(Cc1ccccc1C)C(=O)CSCc1ccccc1. The Bertz CT molecular complexity index is 1010. The molecule has 3 rings (SSSR count). The maximum atomic E-state index is 13.4. The summed E-state index contributed by atoms with van der Waals surface area (Å²) in [6.45, 7) is 2.44.